The van der Waals surface area contributed by atoms with Crippen LogP contribution in [0.5, 0.6) is 11.5 Å². The van der Waals surface area contributed by atoms with E-state index in [4.69, 9.17) is 69.4 Å². The topological polar surface area (TPSA) is 594 Å². The summed E-state index contributed by atoms with van der Waals surface area (Å²) in [5, 5.41) is 26.7. The summed E-state index contributed by atoms with van der Waals surface area (Å²) >= 11 is 0. The molecule has 44 heteroatoms. The third-order valence-electron chi connectivity index (χ3n) is 14.1. The van der Waals surface area contributed by atoms with E-state index in [1.807, 2.05) is 4.98 Å². The number of hydrogen-bond acceptors (Lipinski definition) is 25. The number of hydrogen-bond donors (Lipinski definition) is 9. The number of Topliss-reactive ketones (excluding diaryl/α,β-unsaturated/α-hetero) is 2. The van der Waals surface area contributed by atoms with Crippen LogP contribution in [0, 0.1) is 11.8 Å². The van der Waals surface area contributed by atoms with Crippen molar-refractivity contribution in [3.8, 4) is 23.3 Å². The number of carboxylic acid groups (broad SMARTS) is 1. The van der Waals surface area contributed by atoms with E-state index in [0.717, 1.165) is 55.7 Å². The molecule has 2 aromatic carbocycles. The number of azide groups is 3. The third kappa shape index (κ3) is 41.8. The second-order valence-corrected chi connectivity index (χ2v) is 26.9. The number of H-pyrrole nitrogens is 1. The van der Waals surface area contributed by atoms with Gasteiger partial charge in [-0.05, 0) is 78.7 Å². The molecule has 1 saturated heterocycles. The van der Waals surface area contributed by atoms with Crippen molar-refractivity contribution in [2.24, 2.45) is 15.3 Å². The summed E-state index contributed by atoms with van der Waals surface area (Å²) in [5.41, 5.74) is 24.8. The molecule has 0 spiro atoms. The molecule has 1 aliphatic heterocycles. The van der Waals surface area contributed by atoms with Crippen LogP contribution in [0.15, 0.2) is 79.7 Å². The number of aromatic nitrogens is 2. The molecule has 0 bridgehead atoms. The summed E-state index contributed by atoms with van der Waals surface area (Å²) in [7, 11) is -17.1. The highest BCUT2D eigenvalue weighted by atomic mass is 31.3. The smallest absolute Gasteiger partial charge is 0.490 e. The summed E-state index contributed by atoms with van der Waals surface area (Å²) in [6.45, 7) is 1.71. The van der Waals surface area contributed by atoms with Gasteiger partial charge in [-0.25, -0.2) is 23.3 Å². The van der Waals surface area contributed by atoms with Gasteiger partial charge >= 0.3 is 35.1 Å². The highest BCUT2D eigenvalue weighted by Crippen LogP contribution is 2.66. The second kappa shape index (κ2) is 51.7. The number of nitrogens with one attached hydrogen (secondary N) is 4. The Labute approximate surface area is 602 Å². The van der Waals surface area contributed by atoms with Gasteiger partial charge in [0, 0.05) is 77.3 Å². The predicted molar refractivity (Wildman–Crippen MR) is 369 cm³/mol. The Morgan fingerprint density at radius 1 is 0.686 bits per heavy atom. The maximum Gasteiger partial charge on any atom is 0.490 e. The standard InChI is InChI=1S/C37H53N10O20P3.C24H36N4O7/c1-2-3-4-5-6-12-28(48)13-9-16-41-35(50)26-10-7-14-29(19-26)62-24-33(44-46-39)61-18-17-60-23-32(49)40-15-8-11-27-21-47(37(52)43-36(27)51)34-20-30(63-25-42-45-38)31(65-34)22-64-69(56,57)67-70(58,59)66-68(53,54)55;1-2-3-4-5-6-10-20(29)11-8-13-26-24(32)19-9-7-12-21(16-19)35-17-22(27-28-25)34-15-14-33-18-23(30)31/h7,10,14,19,21,30-31,33-34H,2-6,9,12-13,15-18,20,22-25H2,1H3,(H,40,49)(H,41,50)(H,56,57)(H,58,59)(H,43,51,52)(H2,53,54,55);7,9,12,16,22H,2-6,8,10-11,13-15,17-18H2,1H3,(H,26,32)(H,30,31). The van der Waals surface area contributed by atoms with E-state index in [1.165, 1.54) is 25.3 Å². The lowest BCUT2D eigenvalue weighted by Crippen LogP contribution is -2.34. The van der Waals surface area contributed by atoms with E-state index in [9.17, 15) is 61.8 Å². The molecule has 4 rings (SSSR count). The van der Waals surface area contributed by atoms with Gasteiger partial charge in [-0.15, -0.1) is 0 Å². The van der Waals surface area contributed by atoms with Crippen molar-refractivity contribution < 1.29 is 118 Å². The van der Waals surface area contributed by atoms with Crippen molar-refractivity contribution >= 4 is 58.7 Å². The molecule has 2 heterocycles. The first-order valence-electron chi connectivity index (χ1n) is 33.1. The average Bonchev–Trinajstić information content (AvgIpc) is 1.68. The number of ether oxygens (including phenoxy) is 8. The van der Waals surface area contributed by atoms with Crippen molar-refractivity contribution in [1.82, 2.24) is 25.5 Å². The van der Waals surface area contributed by atoms with Crippen LogP contribution in [0.25, 0.3) is 31.3 Å². The van der Waals surface area contributed by atoms with E-state index in [-0.39, 0.29) is 81.6 Å². The molecule has 7 atom stereocenters. The number of aliphatic carboxylic acids is 1. The fourth-order valence-corrected chi connectivity index (χ4v) is 12.2. The van der Waals surface area contributed by atoms with Crippen LogP contribution in [-0.4, -0.2) is 180 Å². The molecule has 1 aromatic heterocycles. The molecule has 9 N–H and O–H groups in total. The van der Waals surface area contributed by atoms with Crippen molar-refractivity contribution in [3.05, 3.63) is 124 Å². The summed E-state index contributed by atoms with van der Waals surface area (Å²) in [4.78, 5) is 144. The lowest BCUT2D eigenvalue weighted by molar-refractivity contribution is -0.143. The van der Waals surface area contributed by atoms with Gasteiger partial charge in [-0.1, -0.05) is 105 Å². The maximum absolute atomic E-state index is 12.8. The molecule has 105 heavy (non-hydrogen) atoms. The zero-order valence-corrected chi connectivity index (χ0v) is 60.5. The average molecular weight is 1540 g/mol. The molecule has 3 aromatic rings. The molecule has 0 saturated carbocycles. The number of carbonyl (C=O) groups excluding carboxylic acids is 5. The van der Waals surface area contributed by atoms with Crippen LogP contribution in [0.3, 0.4) is 0 Å². The summed E-state index contributed by atoms with van der Waals surface area (Å²) in [6, 6.07) is 12.8. The Hall–Kier alpha value is -8.40. The minimum absolute atomic E-state index is 0.0178. The van der Waals surface area contributed by atoms with Crippen LogP contribution in [-0.2, 0) is 74.4 Å². The maximum atomic E-state index is 12.8. The van der Waals surface area contributed by atoms with Gasteiger partial charge in [0.2, 0.25) is 5.91 Å². The van der Waals surface area contributed by atoms with Gasteiger partial charge in [0.05, 0.1) is 45.7 Å². The Balaban J connectivity index is 0.000000684. The molecule has 41 nitrogen and oxygen atoms in total. The summed E-state index contributed by atoms with van der Waals surface area (Å²) in [6.07, 6.45) is 8.85. The zero-order chi connectivity index (χ0) is 77.3. The van der Waals surface area contributed by atoms with Crippen molar-refractivity contribution in [1.29, 1.82) is 0 Å². The number of amides is 3. The number of aromatic amines is 1. The van der Waals surface area contributed by atoms with E-state index in [2.05, 4.69) is 84.9 Å². The number of phosphoric ester groups is 1. The quantitative estimate of drug-likeness (QED) is 0.00651. The van der Waals surface area contributed by atoms with Gasteiger partial charge in [-0.3, -0.25) is 42.8 Å². The van der Waals surface area contributed by atoms with E-state index in [0.29, 0.717) is 74.2 Å². The molecule has 1 aliphatic rings. The summed E-state index contributed by atoms with van der Waals surface area (Å²) in [5.74, 6) is 3.77. The number of carboxylic acids is 1. The van der Waals surface area contributed by atoms with Crippen molar-refractivity contribution in [2.75, 3.05) is 85.8 Å². The van der Waals surface area contributed by atoms with Gasteiger partial charge in [0.15, 0.2) is 12.5 Å². The minimum atomic E-state index is -5.84. The number of benzene rings is 2. The van der Waals surface area contributed by atoms with Crippen LogP contribution >= 0.6 is 23.5 Å². The number of phosphoric acid groups is 3. The van der Waals surface area contributed by atoms with Gasteiger partial charge < -0.3 is 78.5 Å². The fourth-order valence-electron chi connectivity index (χ4n) is 9.17. The van der Waals surface area contributed by atoms with E-state index in [1.54, 1.807) is 42.5 Å². The predicted octanol–water partition coefficient (Wildman–Crippen LogP) is 7.74. The van der Waals surface area contributed by atoms with Gasteiger partial charge in [0.1, 0.15) is 74.1 Å². The first-order chi connectivity index (χ1) is 50.2. The first-order valence-corrected chi connectivity index (χ1v) is 37.6. The van der Waals surface area contributed by atoms with Crippen molar-refractivity contribution in [3.63, 3.8) is 0 Å². The molecule has 0 aliphatic carbocycles. The van der Waals surface area contributed by atoms with Crippen LogP contribution in [0.1, 0.15) is 156 Å². The van der Waals surface area contributed by atoms with E-state index >= 15 is 0 Å². The molecule has 7 unspecified atom stereocenters. The lowest BCUT2D eigenvalue weighted by atomic mass is 10.1. The van der Waals surface area contributed by atoms with E-state index < -0.39 is 104 Å². The monoisotopic (exact) mass is 1540 g/mol. The summed E-state index contributed by atoms with van der Waals surface area (Å²) < 4.78 is 90.9. The Bertz CT molecular complexity index is 3740. The Morgan fingerprint density at radius 3 is 1.71 bits per heavy atom. The fraction of sp³-hybridized carbons (Fsp3) is 0.607. The first kappa shape index (κ1) is 90.8. The number of nitrogens with zero attached hydrogens (tertiary/aromatic N) is 10. The molecular formula is C61H89N14O27P3. The molecular weight excluding hydrogens is 1450 g/mol. The van der Waals surface area contributed by atoms with Crippen LogP contribution < -0.4 is 36.7 Å². The molecule has 0 radical (unpaired) electrons. The number of unbranched alkanes of at least 4 members (excludes halogenated alkanes) is 8. The van der Waals surface area contributed by atoms with Crippen LogP contribution in [0.4, 0.5) is 0 Å². The largest absolute Gasteiger partial charge is 0.491 e. The molecule has 580 valence electrons. The van der Waals surface area contributed by atoms with Crippen molar-refractivity contribution in [2.45, 2.75) is 154 Å². The van der Waals surface area contributed by atoms with Gasteiger partial charge in [0.25, 0.3) is 17.4 Å². The zero-order valence-electron chi connectivity index (χ0n) is 57.8. The third-order valence-corrected chi connectivity index (χ3v) is 17.9. The second-order valence-electron chi connectivity index (χ2n) is 22.5. The van der Waals surface area contributed by atoms with Crippen LogP contribution in [0.2, 0.25) is 0 Å². The highest BCUT2D eigenvalue weighted by Gasteiger charge is 2.44. The lowest BCUT2D eigenvalue weighted by Gasteiger charge is -2.20. The SMILES string of the molecule is CCCCCCCC(=O)CCCNC(=O)c1cccc(OCC(N=[N+]=[N-])OCCOCC(=O)NCC#Cc2cn(C3CC(OCN=[N+]=[N-])C(COP(=O)(O)OP(=O)(O)OP(=O)(O)O)O3)c(=O)[nH]c2=O)c1.CCCCCCCC(=O)CCCNC(=O)c1cccc(OCC(N=[N+]=[N-])OCCOCC(=O)O)c1. The Kier molecular flexibility index (Phi) is 44.7. The number of rotatable bonds is 54. The molecule has 3 amide bonds. The van der Waals surface area contributed by atoms with Gasteiger partial charge in [-0.2, -0.15) is 8.62 Å². The minimum Gasteiger partial charge on any atom is -0.491 e. The Morgan fingerprint density at radius 2 is 1.21 bits per heavy atom. The normalized spacial score (nSPS) is 15.5. The number of carbonyl (C=O) groups is 6. The highest BCUT2D eigenvalue weighted by molar-refractivity contribution is 7.66. The number of ketones is 2. The molecule has 1 fully saturated rings.